The summed E-state index contributed by atoms with van der Waals surface area (Å²) in [6.07, 6.45) is 7.75. The maximum atomic E-state index is 6.00. The molecule has 0 radical (unpaired) electrons. The molecule has 114 valence electrons. The summed E-state index contributed by atoms with van der Waals surface area (Å²) in [7, 11) is -2.05. The third kappa shape index (κ3) is 8.07. The predicted octanol–water partition coefficient (Wildman–Crippen LogP) is 5.91. The van der Waals surface area contributed by atoms with E-state index in [-0.39, 0.29) is 0 Å². The lowest BCUT2D eigenvalue weighted by Crippen LogP contribution is -2.38. The summed E-state index contributed by atoms with van der Waals surface area (Å²) in [4.78, 5) is 0. The highest BCUT2D eigenvalue weighted by atomic mass is 79.9. The molecule has 0 aliphatic carbocycles. The first-order chi connectivity index (χ1) is 9.53. The minimum Gasteiger partial charge on any atom is -0.520 e. The summed E-state index contributed by atoms with van der Waals surface area (Å²) < 4.78 is 13.0. The molecule has 0 saturated carbocycles. The highest BCUT2D eigenvalue weighted by Gasteiger charge is 2.26. The highest BCUT2D eigenvalue weighted by Crippen LogP contribution is 2.20. The summed E-state index contributed by atoms with van der Waals surface area (Å²) in [5, 5.41) is 0. The molecule has 0 fully saturated rings. The molecular weight excluding hydrogens is 332 g/mol. The molecule has 20 heavy (non-hydrogen) atoms. The van der Waals surface area contributed by atoms with Crippen LogP contribution in [0.15, 0.2) is 28.7 Å². The van der Waals surface area contributed by atoms with E-state index in [0.29, 0.717) is 0 Å². The second-order valence-electron chi connectivity index (χ2n) is 5.57. The number of rotatable bonds is 10. The summed E-state index contributed by atoms with van der Waals surface area (Å²) in [5.41, 5.74) is 0. The van der Waals surface area contributed by atoms with E-state index in [0.717, 1.165) is 23.2 Å². The molecule has 0 heterocycles. The van der Waals surface area contributed by atoms with Gasteiger partial charge < -0.3 is 8.85 Å². The fourth-order valence-corrected chi connectivity index (χ4v) is 3.68. The summed E-state index contributed by atoms with van der Waals surface area (Å²) >= 11 is 3.43. The Balaban J connectivity index is 2.19. The lowest BCUT2D eigenvalue weighted by atomic mass is 10.1. The van der Waals surface area contributed by atoms with Crippen LogP contribution < -0.4 is 4.43 Å². The molecule has 0 atom stereocenters. The van der Waals surface area contributed by atoms with Gasteiger partial charge in [0.25, 0.3) is 0 Å². The quantitative estimate of drug-likeness (QED) is 0.382. The second-order valence-corrected chi connectivity index (χ2v) is 9.78. The molecule has 0 aliphatic rings. The van der Waals surface area contributed by atoms with Gasteiger partial charge in [0.2, 0.25) is 0 Å². The van der Waals surface area contributed by atoms with Crippen LogP contribution in [0.5, 0.6) is 5.75 Å². The van der Waals surface area contributed by atoms with E-state index in [1.807, 2.05) is 24.3 Å². The monoisotopic (exact) mass is 358 g/mol. The van der Waals surface area contributed by atoms with Crippen molar-refractivity contribution in [2.24, 2.45) is 0 Å². The molecule has 0 bridgehead atoms. The van der Waals surface area contributed by atoms with Crippen molar-refractivity contribution in [3.05, 3.63) is 28.7 Å². The van der Waals surface area contributed by atoms with Crippen LogP contribution in [0.25, 0.3) is 0 Å². The smallest absolute Gasteiger partial charge is 0.392 e. The van der Waals surface area contributed by atoms with Crippen LogP contribution >= 0.6 is 15.9 Å². The lowest BCUT2D eigenvalue weighted by Gasteiger charge is -2.24. The standard InChI is InChI=1S/C16H27BrO2Si/c1-4-5-6-7-8-9-14-18-20(2,3)19-16-12-10-15(17)11-13-16/h10-13H,4-9,14H2,1-3H3. The Morgan fingerprint density at radius 1 is 0.950 bits per heavy atom. The van der Waals surface area contributed by atoms with Crippen molar-refractivity contribution in [1.29, 1.82) is 0 Å². The van der Waals surface area contributed by atoms with E-state index in [2.05, 4.69) is 35.9 Å². The fraction of sp³-hybridized carbons (Fsp3) is 0.625. The minimum atomic E-state index is -2.05. The van der Waals surface area contributed by atoms with Gasteiger partial charge in [0.05, 0.1) is 0 Å². The second kappa shape index (κ2) is 9.58. The van der Waals surface area contributed by atoms with Crippen LogP contribution in [0.2, 0.25) is 13.1 Å². The Morgan fingerprint density at radius 2 is 1.55 bits per heavy atom. The van der Waals surface area contributed by atoms with E-state index in [1.165, 1.54) is 32.1 Å². The van der Waals surface area contributed by atoms with E-state index < -0.39 is 8.56 Å². The third-order valence-corrected chi connectivity index (χ3v) is 5.28. The maximum absolute atomic E-state index is 6.00. The van der Waals surface area contributed by atoms with Gasteiger partial charge in [-0.3, -0.25) is 0 Å². The van der Waals surface area contributed by atoms with Crippen molar-refractivity contribution < 1.29 is 8.85 Å². The Labute approximate surface area is 133 Å². The Hall–Kier alpha value is -0.323. The van der Waals surface area contributed by atoms with Gasteiger partial charge >= 0.3 is 8.56 Å². The minimum absolute atomic E-state index is 0.821. The largest absolute Gasteiger partial charge is 0.520 e. The first-order valence-corrected chi connectivity index (χ1v) is 11.2. The van der Waals surface area contributed by atoms with Crippen molar-refractivity contribution >= 4 is 24.5 Å². The van der Waals surface area contributed by atoms with Crippen LogP contribution in [0.4, 0.5) is 0 Å². The fourth-order valence-electron chi connectivity index (χ4n) is 2.02. The molecular formula is C16H27BrO2Si. The Kier molecular flexibility index (Phi) is 8.49. The number of unbranched alkanes of at least 4 members (excludes halogenated alkanes) is 5. The molecule has 0 unspecified atom stereocenters. The van der Waals surface area contributed by atoms with E-state index >= 15 is 0 Å². The van der Waals surface area contributed by atoms with Crippen molar-refractivity contribution in [2.75, 3.05) is 6.61 Å². The molecule has 1 aromatic carbocycles. The van der Waals surface area contributed by atoms with Crippen LogP contribution in [-0.4, -0.2) is 15.2 Å². The van der Waals surface area contributed by atoms with E-state index in [9.17, 15) is 0 Å². The predicted molar refractivity (Wildman–Crippen MR) is 91.6 cm³/mol. The molecule has 1 aromatic rings. The molecule has 0 N–H and O–H groups in total. The van der Waals surface area contributed by atoms with Crippen molar-refractivity contribution in [3.63, 3.8) is 0 Å². The Bertz CT molecular complexity index is 365. The molecule has 0 saturated heterocycles. The van der Waals surface area contributed by atoms with Crippen LogP contribution in [0.1, 0.15) is 45.4 Å². The zero-order chi connectivity index (χ0) is 14.8. The first kappa shape index (κ1) is 17.7. The average molecular weight is 359 g/mol. The van der Waals surface area contributed by atoms with Crippen molar-refractivity contribution in [2.45, 2.75) is 58.5 Å². The molecule has 2 nitrogen and oxygen atoms in total. The average Bonchev–Trinajstić information content (AvgIpc) is 2.40. The van der Waals surface area contributed by atoms with Gasteiger partial charge in [0.15, 0.2) is 0 Å². The normalized spacial score (nSPS) is 11.6. The molecule has 0 spiro atoms. The lowest BCUT2D eigenvalue weighted by molar-refractivity contribution is 0.241. The van der Waals surface area contributed by atoms with Crippen molar-refractivity contribution in [1.82, 2.24) is 0 Å². The van der Waals surface area contributed by atoms with Gasteiger partial charge in [0, 0.05) is 11.1 Å². The molecule has 4 heteroatoms. The first-order valence-electron chi connectivity index (χ1n) is 7.62. The van der Waals surface area contributed by atoms with E-state index in [1.54, 1.807) is 0 Å². The number of hydrogen-bond acceptors (Lipinski definition) is 2. The van der Waals surface area contributed by atoms with Gasteiger partial charge in [-0.25, -0.2) is 0 Å². The summed E-state index contributed by atoms with van der Waals surface area (Å²) in [6, 6.07) is 7.95. The summed E-state index contributed by atoms with van der Waals surface area (Å²) in [6.45, 7) is 7.27. The molecule has 0 aromatic heterocycles. The van der Waals surface area contributed by atoms with Crippen molar-refractivity contribution in [3.8, 4) is 5.75 Å². The summed E-state index contributed by atoms with van der Waals surface area (Å²) in [5.74, 6) is 0.896. The number of halogens is 1. The van der Waals surface area contributed by atoms with Crippen LogP contribution in [0.3, 0.4) is 0 Å². The van der Waals surface area contributed by atoms with Gasteiger partial charge in [-0.05, 0) is 43.8 Å². The van der Waals surface area contributed by atoms with Gasteiger partial charge in [-0.1, -0.05) is 55.0 Å². The molecule has 0 aliphatic heterocycles. The van der Waals surface area contributed by atoms with Gasteiger partial charge in [-0.15, -0.1) is 0 Å². The molecule has 1 rings (SSSR count). The topological polar surface area (TPSA) is 18.5 Å². The SMILES string of the molecule is CCCCCCCCO[Si](C)(C)Oc1ccc(Br)cc1. The maximum Gasteiger partial charge on any atom is 0.392 e. The number of hydrogen-bond donors (Lipinski definition) is 0. The van der Waals surface area contributed by atoms with Gasteiger partial charge in [-0.2, -0.15) is 0 Å². The Morgan fingerprint density at radius 3 is 2.20 bits per heavy atom. The third-order valence-electron chi connectivity index (χ3n) is 3.12. The number of benzene rings is 1. The van der Waals surface area contributed by atoms with Gasteiger partial charge in [0.1, 0.15) is 5.75 Å². The van der Waals surface area contributed by atoms with Crippen LogP contribution in [-0.2, 0) is 4.43 Å². The van der Waals surface area contributed by atoms with Crippen LogP contribution in [0, 0.1) is 0 Å². The molecule has 0 amide bonds. The highest BCUT2D eigenvalue weighted by molar-refractivity contribution is 9.10. The van der Waals surface area contributed by atoms with E-state index in [4.69, 9.17) is 8.85 Å². The zero-order valence-electron chi connectivity index (χ0n) is 13.0. The zero-order valence-corrected chi connectivity index (χ0v) is 15.5.